The molecule has 2 heterocycles. The first-order valence-corrected chi connectivity index (χ1v) is 7.65. The lowest BCUT2D eigenvalue weighted by molar-refractivity contribution is -0.918. The molecule has 112 valence electrons. The summed E-state index contributed by atoms with van der Waals surface area (Å²) in [5.74, 6) is 0.680. The Morgan fingerprint density at radius 3 is 2.50 bits per heavy atom. The predicted octanol–water partition coefficient (Wildman–Crippen LogP) is 0.719. The van der Waals surface area contributed by atoms with E-state index in [4.69, 9.17) is 4.42 Å². The lowest BCUT2D eigenvalue weighted by atomic mass is 10.0. The van der Waals surface area contributed by atoms with E-state index in [1.807, 2.05) is 0 Å². The summed E-state index contributed by atoms with van der Waals surface area (Å²) in [6.45, 7) is 8.96. The van der Waals surface area contributed by atoms with E-state index in [2.05, 4.69) is 13.8 Å². The summed E-state index contributed by atoms with van der Waals surface area (Å²) in [5.41, 5.74) is 1.16. The van der Waals surface area contributed by atoms with Gasteiger partial charge in [0.15, 0.2) is 0 Å². The SMILES string of the molecule is Cc1oc(CC(C)C)c(C[NH+]2CCCCC2)c1C(=O)[O-]. The number of aromatic carboxylic acids is 1. The van der Waals surface area contributed by atoms with Crippen molar-refractivity contribution < 1.29 is 19.2 Å². The van der Waals surface area contributed by atoms with Gasteiger partial charge >= 0.3 is 0 Å². The number of carboxylic acids is 1. The number of nitrogens with one attached hydrogen (secondary N) is 1. The second kappa shape index (κ2) is 6.44. The summed E-state index contributed by atoms with van der Waals surface area (Å²) in [5, 5.41) is 11.4. The largest absolute Gasteiger partial charge is 0.545 e. The molecule has 0 amide bonds. The third-order valence-electron chi connectivity index (χ3n) is 4.05. The van der Waals surface area contributed by atoms with Gasteiger partial charge in [0.25, 0.3) is 0 Å². The number of quaternary nitrogens is 1. The molecule has 1 aliphatic rings. The van der Waals surface area contributed by atoms with E-state index in [1.54, 1.807) is 6.92 Å². The van der Waals surface area contributed by atoms with E-state index in [1.165, 1.54) is 24.2 Å². The second-order valence-electron chi connectivity index (χ2n) is 6.31. The van der Waals surface area contributed by atoms with E-state index >= 15 is 0 Å². The van der Waals surface area contributed by atoms with Crippen LogP contribution >= 0.6 is 0 Å². The Kier molecular flexibility index (Phi) is 4.86. The Morgan fingerprint density at radius 2 is 1.95 bits per heavy atom. The molecule has 4 heteroatoms. The Balaban J connectivity index is 2.28. The third kappa shape index (κ3) is 3.42. The van der Waals surface area contributed by atoms with Crippen LogP contribution in [-0.2, 0) is 13.0 Å². The number of likely N-dealkylation sites (tertiary alicyclic amines) is 1. The fourth-order valence-electron chi connectivity index (χ4n) is 3.12. The van der Waals surface area contributed by atoms with Crippen LogP contribution in [0, 0.1) is 12.8 Å². The minimum absolute atomic E-state index is 0.290. The van der Waals surface area contributed by atoms with E-state index < -0.39 is 5.97 Å². The van der Waals surface area contributed by atoms with Crippen LogP contribution in [0.3, 0.4) is 0 Å². The fraction of sp³-hybridized carbons (Fsp3) is 0.688. The lowest BCUT2D eigenvalue weighted by Crippen LogP contribution is -3.11. The zero-order valence-corrected chi connectivity index (χ0v) is 12.8. The molecule has 1 saturated heterocycles. The first-order chi connectivity index (χ1) is 9.49. The van der Waals surface area contributed by atoms with Crippen molar-refractivity contribution in [2.24, 2.45) is 5.92 Å². The summed E-state index contributed by atoms with van der Waals surface area (Å²) in [6, 6.07) is 0. The lowest BCUT2D eigenvalue weighted by Gasteiger charge is -2.24. The summed E-state index contributed by atoms with van der Waals surface area (Å²) in [7, 11) is 0. The standard InChI is InChI=1S/C16H25NO3/c1-11(2)9-14-13(10-17-7-5-4-6-8-17)15(16(18)19)12(3)20-14/h11H,4-10H2,1-3H3,(H,18,19). The molecule has 1 N–H and O–H groups in total. The van der Waals surface area contributed by atoms with Crippen molar-refractivity contribution in [3.8, 4) is 0 Å². The van der Waals surface area contributed by atoms with Gasteiger partial charge in [0.05, 0.1) is 24.6 Å². The highest BCUT2D eigenvalue weighted by Crippen LogP contribution is 2.24. The highest BCUT2D eigenvalue weighted by molar-refractivity contribution is 5.89. The average molecular weight is 279 g/mol. The van der Waals surface area contributed by atoms with Crippen molar-refractivity contribution in [1.82, 2.24) is 0 Å². The predicted molar refractivity (Wildman–Crippen MR) is 74.6 cm³/mol. The van der Waals surface area contributed by atoms with Gasteiger partial charge in [-0.2, -0.15) is 0 Å². The molecular formula is C16H25NO3. The molecule has 0 radical (unpaired) electrons. The van der Waals surface area contributed by atoms with Crippen LogP contribution in [0.1, 0.15) is 60.6 Å². The summed E-state index contributed by atoms with van der Waals surface area (Å²) in [6.07, 6.45) is 4.54. The molecule has 0 bridgehead atoms. The molecule has 1 aliphatic heterocycles. The van der Waals surface area contributed by atoms with Crippen LogP contribution < -0.4 is 10.0 Å². The van der Waals surface area contributed by atoms with Crippen molar-refractivity contribution in [3.05, 3.63) is 22.6 Å². The van der Waals surface area contributed by atoms with Gasteiger partial charge in [0.1, 0.15) is 18.1 Å². The van der Waals surface area contributed by atoms with E-state index in [-0.39, 0.29) is 0 Å². The molecule has 1 aromatic rings. The van der Waals surface area contributed by atoms with Gasteiger partial charge in [-0.05, 0) is 32.1 Å². The molecular weight excluding hydrogens is 254 g/mol. The summed E-state index contributed by atoms with van der Waals surface area (Å²) < 4.78 is 5.73. The Hall–Kier alpha value is -1.29. The Labute approximate surface area is 120 Å². The minimum Gasteiger partial charge on any atom is -0.545 e. The zero-order valence-electron chi connectivity index (χ0n) is 12.8. The molecule has 1 fully saturated rings. The molecule has 20 heavy (non-hydrogen) atoms. The van der Waals surface area contributed by atoms with Gasteiger partial charge in [-0.25, -0.2) is 0 Å². The van der Waals surface area contributed by atoms with Gasteiger partial charge < -0.3 is 19.2 Å². The highest BCUT2D eigenvalue weighted by Gasteiger charge is 2.24. The van der Waals surface area contributed by atoms with Crippen molar-refractivity contribution in [3.63, 3.8) is 0 Å². The van der Waals surface area contributed by atoms with Gasteiger partial charge in [-0.3, -0.25) is 0 Å². The van der Waals surface area contributed by atoms with Gasteiger partial charge in [-0.1, -0.05) is 13.8 Å². The maximum absolute atomic E-state index is 11.4. The van der Waals surface area contributed by atoms with Crippen molar-refractivity contribution in [2.75, 3.05) is 13.1 Å². The van der Waals surface area contributed by atoms with Crippen LogP contribution in [0.25, 0.3) is 0 Å². The number of rotatable bonds is 5. The first kappa shape index (κ1) is 15.1. The molecule has 4 nitrogen and oxygen atoms in total. The normalized spacial score (nSPS) is 16.8. The molecule has 2 rings (SSSR count). The van der Waals surface area contributed by atoms with Crippen LogP contribution in [0.15, 0.2) is 4.42 Å². The number of carbonyl (C=O) groups excluding carboxylic acids is 1. The molecule has 0 aromatic carbocycles. The maximum atomic E-state index is 11.4. The number of piperidine rings is 1. The van der Waals surface area contributed by atoms with Crippen LogP contribution in [0.2, 0.25) is 0 Å². The highest BCUT2D eigenvalue weighted by atomic mass is 16.4. The first-order valence-electron chi connectivity index (χ1n) is 7.65. The third-order valence-corrected chi connectivity index (χ3v) is 4.05. The number of hydrogen-bond acceptors (Lipinski definition) is 3. The monoisotopic (exact) mass is 279 g/mol. The molecule has 0 saturated carbocycles. The van der Waals surface area contributed by atoms with Crippen molar-refractivity contribution in [1.29, 1.82) is 0 Å². The van der Waals surface area contributed by atoms with E-state index in [0.717, 1.165) is 37.4 Å². The number of carbonyl (C=O) groups is 1. The topological polar surface area (TPSA) is 57.7 Å². The Morgan fingerprint density at radius 1 is 1.30 bits per heavy atom. The quantitative estimate of drug-likeness (QED) is 0.864. The van der Waals surface area contributed by atoms with Crippen LogP contribution in [-0.4, -0.2) is 19.1 Å². The number of aryl methyl sites for hydroxylation is 1. The summed E-state index contributed by atoms with van der Waals surface area (Å²) in [4.78, 5) is 12.9. The van der Waals surface area contributed by atoms with Crippen molar-refractivity contribution >= 4 is 5.97 Å². The molecule has 0 atom stereocenters. The van der Waals surface area contributed by atoms with Gasteiger partial charge in [0, 0.05) is 12.0 Å². The van der Waals surface area contributed by atoms with Crippen LogP contribution in [0.5, 0.6) is 0 Å². The van der Waals surface area contributed by atoms with Gasteiger partial charge in [0.2, 0.25) is 0 Å². The number of hydrogen-bond donors (Lipinski definition) is 1. The second-order valence-corrected chi connectivity index (χ2v) is 6.31. The number of carboxylic acid groups (broad SMARTS) is 1. The molecule has 0 unspecified atom stereocenters. The fourth-order valence-corrected chi connectivity index (χ4v) is 3.12. The Bertz CT molecular complexity index is 470. The van der Waals surface area contributed by atoms with Crippen LogP contribution in [0.4, 0.5) is 0 Å². The average Bonchev–Trinajstić information content (AvgIpc) is 2.66. The molecule has 1 aromatic heterocycles. The molecule has 0 spiro atoms. The van der Waals surface area contributed by atoms with Gasteiger partial charge in [-0.15, -0.1) is 0 Å². The smallest absolute Gasteiger partial charge is 0.113 e. The van der Waals surface area contributed by atoms with E-state index in [0.29, 0.717) is 17.2 Å². The minimum atomic E-state index is -1.10. The molecule has 0 aliphatic carbocycles. The zero-order chi connectivity index (χ0) is 14.7. The van der Waals surface area contributed by atoms with Crippen molar-refractivity contribution in [2.45, 2.75) is 53.0 Å². The number of furan rings is 1. The van der Waals surface area contributed by atoms with E-state index in [9.17, 15) is 9.90 Å². The maximum Gasteiger partial charge on any atom is 0.113 e. The summed E-state index contributed by atoms with van der Waals surface area (Å²) >= 11 is 0.